The molecule has 6 nitrogen and oxygen atoms in total. The van der Waals surface area contributed by atoms with E-state index in [0.29, 0.717) is 37.2 Å². The Bertz CT molecular complexity index is 1570. The molecule has 0 amide bonds. The van der Waals surface area contributed by atoms with Gasteiger partial charge in [-0.3, -0.25) is 19.3 Å². The molecule has 1 unspecified atom stereocenters. The van der Waals surface area contributed by atoms with Gasteiger partial charge in [0, 0.05) is 38.2 Å². The second kappa shape index (κ2) is 13.9. The van der Waals surface area contributed by atoms with Crippen molar-refractivity contribution in [3.63, 3.8) is 0 Å². The number of hydrogen-bond acceptors (Lipinski definition) is 4. The summed E-state index contributed by atoms with van der Waals surface area (Å²) in [5, 5.41) is 9.79. The number of halogens is 3. The van der Waals surface area contributed by atoms with E-state index in [4.69, 9.17) is 0 Å². The maximum atomic E-state index is 15.7. The lowest BCUT2D eigenvalue weighted by molar-refractivity contribution is -0.137. The standard InChI is InChI=1S/C35H41F3N2O4/c1-20(2)11-30(40-17-24(13-29(37)35(40)44)9-10-39-18-27(36)19-39)31(41)15-25(16-32(42)43)28-14-26(12-23(5)34(28)38)33-21(3)7-6-8-22(33)4/h6-8,12-14,17,20,25,27,30H,9-11,15-16,18-19H2,1-5H3,(H,42,43)/t25-,30?/m0/s1. The summed E-state index contributed by atoms with van der Waals surface area (Å²) in [7, 11) is 0. The van der Waals surface area contributed by atoms with E-state index in [1.54, 1.807) is 19.1 Å². The third-order valence-electron chi connectivity index (χ3n) is 8.45. The lowest BCUT2D eigenvalue weighted by atomic mass is 9.84. The highest BCUT2D eigenvalue weighted by Gasteiger charge is 2.31. The molecule has 2 aromatic carbocycles. The molecule has 236 valence electrons. The zero-order valence-electron chi connectivity index (χ0n) is 26.0. The maximum absolute atomic E-state index is 15.7. The van der Waals surface area contributed by atoms with Gasteiger partial charge in [0.05, 0.1) is 12.5 Å². The Balaban J connectivity index is 1.71. The number of carboxylic acid groups (broad SMARTS) is 1. The Labute approximate surface area is 256 Å². The minimum Gasteiger partial charge on any atom is -0.481 e. The van der Waals surface area contributed by atoms with E-state index < -0.39 is 53.5 Å². The maximum Gasteiger partial charge on any atom is 0.303 e. The van der Waals surface area contributed by atoms with Gasteiger partial charge in [-0.15, -0.1) is 0 Å². The van der Waals surface area contributed by atoms with Gasteiger partial charge in [0.2, 0.25) is 0 Å². The lowest BCUT2D eigenvalue weighted by Gasteiger charge is -2.34. The van der Waals surface area contributed by atoms with Crippen molar-refractivity contribution >= 4 is 11.8 Å². The SMILES string of the molecule is Cc1cc(-c2c(C)cccc2C)cc([C@H](CC(=O)O)CC(=O)C(CC(C)C)n2cc(CCN3CC(F)C3)cc(F)c2=O)c1F. The molecule has 0 aliphatic carbocycles. The summed E-state index contributed by atoms with van der Waals surface area (Å²) < 4.78 is 45.0. The first-order valence-corrected chi connectivity index (χ1v) is 15.1. The van der Waals surface area contributed by atoms with Gasteiger partial charge in [0.15, 0.2) is 11.6 Å². The zero-order valence-corrected chi connectivity index (χ0v) is 26.0. The van der Waals surface area contributed by atoms with Gasteiger partial charge >= 0.3 is 5.97 Å². The van der Waals surface area contributed by atoms with Crippen LogP contribution in [0.1, 0.15) is 72.9 Å². The van der Waals surface area contributed by atoms with Gasteiger partial charge in [-0.1, -0.05) is 32.0 Å². The quantitative estimate of drug-likeness (QED) is 0.233. The molecule has 3 aromatic rings. The first-order chi connectivity index (χ1) is 20.7. The average molecular weight is 611 g/mol. The largest absolute Gasteiger partial charge is 0.481 e. The number of carbonyl (C=O) groups excluding carboxylic acids is 1. The van der Waals surface area contributed by atoms with E-state index in [9.17, 15) is 28.3 Å². The summed E-state index contributed by atoms with van der Waals surface area (Å²) in [5.74, 6) is -4.31. The van der Waals surface area contributed by atoms with Crippen molar-refractivity contribution in [2.45, 2.75) is 78.4 Å². The summed E-state index contributed by atoms with van der Waals surface area (Å²) in [6, 6.07) is 9.24. The van der Waals surface area contributed by atoms with Crippen LogP contribution in [0, 0.1) is 38.3 Å². The van der Waals surface area contributed by atoms with Gasteiger partial charge in [0.1, 0.15) is 12.0 Å². The van der Waals surface area contributed by atoms with Crippen molar-refractivity contribution in [1.29, 1.82) is 0 Å². The van der Waals surface area contributed by atoms with E-state index in [1.165, 1.54) is 6.20 Å². The minimum absolute atomic E-state index is 0.0607. The van der Waals surface area contributed by atoms with Crippen LogP contribution in [-0.4, -0.2) is 52.1 Å². The van der Waals surface area contributed by atoms with E-state index in [2.05, 4.69) is 0 Å². The van der Waals surface area contributed by atoms with Crippen molar-refractivity contribution in [3.05, 3.63) is 92.4 Å². The highest BCUT2D eigenvalue weighted by molar-refractivity contribution is 5.84. The molecule has 1 N–H and O–H groups in total. The predicted octanol–water partition coefficient (Wildman–Crippen LogP) is 6.72. The van der Waals surface area contributed by atoms with Gasteiger partial charge < -0.3 is 9.67 Å². The monoisotopic (exact) mass is 610 g/mol. The molecule has 1 saturated heterocycles. The second-order valence-electron chi connectivity index (χ2n) is 12.6. The highest BCUT2D eigenvalue weighted by Crippen LogP contribution is 2.36. The van der Waals surface area contributed by atoms with Crippen LogP contribution in [-0.2, 0) is 16.0 Å². The normalized spacial score (nSPS) is 15.3. The van der Waals surface area contributed by atoms with Gasteiger partial charge in [-0.2, -0.15) is 0 Å². The highest BCUT2D eigenvalue weighted by atomic mass is 19.1. The number of carbonyl (C=O) groups is 2. The molecule has 0 bridgehead atoms. The molecule has 44 heavy (non-hydrogen) atoms. The molecule has 2 atom stereocenters. The molecule has 0 spiro atoms. The van der Waals surface area contributed by atoms with E-state index in [1.807, 2.05) is 50.8 Å². The zero-order chi connectivity index (χ0) is 32.3. The van der Waals surface area contributed by atoms with E-state index in [-0.39, 0.29) is 24.3 Å². The lowest BCUT2D eigenvalue weighted by Crippen LogP contribution is -2.49. The molecule has 0 radical (unpaired) electrons. The molecule has 1 fully saturated rings. The van der Waals surface area contributed by atoms with Gasteiger partial charge in [0.25, 0.3) is 5.56 Å². The molecule has 1 aliphatic rings. The summed E-state index contributed by atoms with van der Waals surface area (Å²) in [6.07, 6.45) is 0.330. The number of aliphatic carboxylic acids is 1. The van der Waals surface area contributed by atoms with Crippen molar-refractivity contribution in [3.8, 4) is 11.1 Å². The van der Waals surface area contributed by atoms with Crippen LogP contribution in [0.15, 0.2) is 47.4 Å². The summed E-state index contributed by atoms with van der Waals surface area (Å²) >= 11 is 0. The molecule has 1 aliphatic heterocycles. The van der Waals surface area contributed by atoms with Crippen LogP contribution < -0.4 is 5.56 Å². The smallest absolute Gasteiger partial charge is 0.303 e. The fourth-order valence-electron chi connectivity index (χ4n) is 6.20. The second-order valence-corrected chi connectivity index (χ2v) is 12.6. The van der Waals surface area contributed by atoms with E-state index >= 15 is 4.39 Å². The van der Waals surface area contributed by atoms with Crippen LogP contribution in [0.3, 0.4) is 0 Å². The Hall–Kier alpha value is -3.72. The fraction of sp³-hybridized carbons (Fsp3) is 0.457. The van der Waals surface area contributed by atoms with Crippen LogP contribution in [0.4, 0.5) is 13.2 Å². The average Bonchev–Trinajstić information content (AvgIpc) is 2.92. The summed E-state index contributed by atoms with van der Waals surface area (Å²) in [6.45, 7) is 10.3. The van der Waals surface area contributed by atoms with Crippen LogP contribution in [0.5, 0.6) is 0 Å². The Morgan fingerprint density at radius 1 is 1.00 bits per heavy atom. The number of Topliss-reactive ketones (excluding diaryl/α,β-unsaturated/α-hetero) is 1. The van der Waals surface area contributed by atoms with Crippen LogP contribution >= 0.6 is 0 Å². The number of hydrogen-bond donors (Lipinski definition) is 1. The van der Waals surface area contributed by atoms with Crippen molar-refractivity contribution < 1.29 is 27.9 Å². The Morgan fingerprint density at radius 3 is 2.25 bits per heavy atom. The Morgan fingerprint density at radius 2 is 1.66 bits per heavy atom. The molecular formula is C35H41F3N2O4. The number of aromatic nitrogens is 1. The number of nitrogens with zero attached hydrogens (tertiary/aromatic N) is 2. The number of carboxylic acids is 1. The fourth-order valence-corrected chi connectivity index (χ4v) is 6.20. The number of pyridine rings is 1. The number of likely N-dealkylation sites (tertiary alicyclic amines) is 1. The van der Waals surface area contributed by atoms with Crippen molar-refractivity contribution in [1.82, 2.24) is 9.47 Å². The molecule has 1 aromatic heterocycles. The third kappa shape index (κ3) is 7.67. The third-order valence-corrected chi connectivity index (χ3v) is 8.45. The summed E-state index contributed by atoms with van der Waals surface area (Å²) in [5.41, 5.74) is 3.58. The number of ketones is 1. The van der Waals surface area contributed by atoms with Crippen molar-refractivity contribution in [2.24, 2.45) is 5.92 Å². The van der Waals surface area contributed by atoms with Gasteiger partial charge in [-0.25, -0.2) is 13.2 Å². The Kier molecular flexibility index (Phi) is 10.5. The molecule has 9 heteroatoms. The minimum atomic E-state index is -1.19. The summed E-state index contributed by atoms with van der Waals surface area (Å²) in [4.78, 5) is 40.9. The van der Waals surface area contributed by atoms with Crippen LogP contribution in [0.2, 0.25) is 0 Å². The number of aryl methyl sites for hydroxylation is 3. The van der Waals surface area contributed by atoms with Crippen molar-refractivity contribution in [2.75, 3.05) is 19.6 Å². The molecule has 4 rings (SSSR count). The van der Waals surface area contributed by atoms with Gasteiger partial charge in [-0.05, 0) is 96.7 Å². The topological polar surface area (TPSA) is 79.6 Å². The molecule has 2 heterocycles. The predicted molar refractivity (Wildman–Crippen MR) is 165 cm³/mol. The molecular weight excluding hydrogens is 569 g/mol. The number of benzene rings is 2. The first-order valence-electron chi connectivity index (χ1n) is 15.1. The number of alkyl halides is 1. The number of rotatable bonds is 13. The first kappa shape index (κ1) is 33.2. The van der Waals surface area contributed by atoms with E-state index in [0.717, 1.165) is 32.9 Å². The van der Waals surface area contributed by atoms with Crippen LogP contribution in [0.25, 0.3) is 11.1 Å². The molecule has 0 saturated carbocycles.